The molecule has 2 fully saturated rings. The van der Waals surface area contributed by atoms with Gasteiger partial charge in [0.15, 0.2) is 0 Å². The summed E-state index contributed by atoms with van der Waals surface area (Å²) in [7, 11) is 0. The van der Waals surface area contributed by atoms with Gasteiger partial charge in [-0.05, 0) is 55.6 Å². The predicted molar refractivity (Wildman–Crippen MR) is 102 cm³/mol. The van der Waals surface area contributed by atoms with Crippen molar-refractivity contribution in [2.45, 2.75) is 50.1 Å². The average Bonchev–Trinajstić information content (AvgIpc) is 3.23. The molecule has 0 spiro atoms. The number of benzene rings is 1. The summed E-state index contributed by atoms with van der Waals surface area (Å²) in [6.45, 7) is 0. The molecule has 2 aromatic heterocycles. The van der Waals surface area contributed by atoms with Crippen LogP contribution in [0.15, 0.2) is 15.7 Å². The number of pyridine rings is 1. The van der Waals surface area contributed by atoms with Crippen LogP contribution in [-0.2, 0) is 0 Å². The molecule has 8 heteroatoms. The number of hydrogen-bond acceptors (Lipinski definition) is 4. The molecule has 2 saturated carbocycles. The maximum atomic E-state index is 15.0. The number of aromatic amines is 1. The summed E-state index contributed by atoms with van der Waals surface area (Å²) >= 11 is 7.85. The van der Waals surface area contributed by atoms with E-state index >= 15 is 0 Å². The molecule has 3 aromatic rings. The number of fused-ring (bicyclic) bond motifs is 2. The van der Waals surface area contributed by atoms with Gasteiger partial charge >= 0.3 is 0 Å². The van der Waals surface area contributed by atoms with Gasteiger partial charge in [0, 0.05) is 17.6 Å². The highest BCUT2D eigenvalue weighted by molar-refractivity contribution is 7.12. The summed E-state index contributed by atoms with van der Waals surface area (Å²) < 4.78 is 19.6. The van der Waals surface area contributed by atoms with Crippen LogP contribution in [0.25, 0.3) is 21.1 Å². The van der Waals surface area contributed by atoms with Gasteiger partial charge in [-0.15, -0.1) is 0 Å². The van der Waals surface area contributed by atoms with Gasteiger partial charge in [-0.25, -0.2) is 4.39 Å². The summed E-state index contributed by atoms with van der Waals surface area (Å²) in [6, 6.07) is 1.50. The number of rotatable bonds is 2. The number of H-pyrrole nitrogens is 1. The minimum Gasteiger partial charge on any atom is -0.328 e. The van der Waals surface area contributed by atoms with E-state index in [1.54, 1.807) is 0 Å². The van der Waals surface area contributed by atoms with E-state index in [0.29, 0.717) is 27.4 Å². The first-order valence-corrected chi connectivity index (χ1v) is 9.99. The lowest BCUT2D eigenvalue weighted by molar-refractivity contribution is 0.577. The van der Waals surface area contributed by atoms with E-state index in [4.69, 9.17) is 17.3 Å². The number of hydrogen-bond donors (Lipinski definition) is 2. The molecule has 5 rings (SSSR count). The molecule has 0 radical (unpaired) electrons. The molecule has 2 atom stereocenters. The fourth-order valence-corrected chi connectivity index (χ4v) is 5.62. The largest absolute Gasteiger partial charge is 0.328 e. The first kappa shape index (κ1) is 16.5. The summed E-state index contributed by atoms with van der Waals surface area (Å²) in [6.07, 6.45) is 4.23. The smallest absolute Gasteiger partial charge is 0.271 e. The third kappa shape index (κ3) is 2.23. The van der Waals surface area contributed by atoms with Crippen molar-refractivity contribution in [3.63, 3.8) is 0 Å². The Bertz CT molecular complexity index is 1180. The summed E-state index contributed by atoms with van der Waals surface area (Å²) in [5.74, 6) is -0.516. The molecule has 2 heterocycles. The van der Waals surface area contributed by atoms with Crippen LogP contribution >= 0.6 is 23.1 Å². The molecular weight excluding hydrogens is 377 g/mol. The molecule has 0 aliphatic heterocycles. The van der Waals surface area contributed by atoms with Crippen molar-refractivity contribution >= 4 is 44.3 Å². The van der Waals surface area contributed by atoms with Gasteiger partial charge in [0.25, 0.3) is 5.56 Å². The average molecular weight is 394 g/mol. The van der Waals surface area contributed by atoms with Gasteiger partial charge in [-0.2, -0.15) is 0 Å². The Morgan fingerprint density at radius 2 is 2.04 bits per heavy atom. The van der Waals surface area contributed by atoms with E-state index in [-0.39, 0.29) is 28.8 Å². The predicted octanol–water partition coefficient (Wildman–Crippen LogP) is 3.63. The maximum Gasteiger partial charge on any atom is 0.271 e. The van der Waals surface area contributed by atoms with Crippen molar-refractivity contribution in [2.75, 3.05) is 0 Å². The van der Waals surface area contributed by atoms with Crippen molar-refractivity contribution in [2.24, 2.45) is 5.73 Å². The lowest BCUT2D eigenvalue weighted by atomic mass is 9.94. The third-order valence-corrected chi connectivity index (χ3v) is 6.90. The molecule has 0 amide bonds. The van der Waals surface area contributed by atoms with Crippen LogP contribution in [0, 0.1) is 5.82 Å². The normalized spacial score (nSPS) is 23.3. The number of nitrogens with two attached hydrogens (primary N) is 1. The van der Waals surface area contributed by atoms with Gasteiger partial charge in [0.2, 0.25) is 5.43 Å². The lowest BCUT2D eigenvalue weighted by Crippen LogP contribution is -2.17. The summed E-state index contributed by atoms with van der Waals surface area (Å²) in [4.78, 5) is 25.6. The van der Waals surface area contributed by atoms with Crippen LogP contribution in [0.5, 0.6) is 0 Å². The number of halogens is 2. The van der Waals surface area contributed by atoms with Crippen LogP contribution in [0.4, 0.5) is 4.39 Å². The Hall–Kier alpha value is -1.70. The molecule has 1 aromatic carbocycles. The number of aromatic nitrogens is 2. The fraction of sp³-hybridized carbons (Fsp3) is 0.444. The Labute approximate surface area is 156 Å². The van der Waals surface area contributed by atoms with Crippen molar-refractivity contribution in [1.82, 2.24) is 8.94 Å². The number of nitrogens with zero attached hydrogens (tertiary/aromatic N) is 1. The first-order valence-electron chi connectivity index (χ1n) is 8.80. The quantitative estimate of drug-likeness (QED) is 0.697. The monoisotopic (exact) mass is 393 g/mol. The van der Waals surface area contributed by atoms with E-state index < -0.39 is 16.8 Å². The standard InChI is InChI=1S/C18H17ClFN3O2S/c19-14-12(7-1-2-8(21)5-7)11(20)6-10-15(14)23(9-3-4-9)18-13(16(10)24)17(25)22-26-18/h6-9H,1-5,21H2,(H,22,25). The SMILES string of the molecule is NC1CCC(c2c(F)cc3c(=O)c4c(=O)[nH]sc4n(C4CC4)c3c2Cl)C1. The van der Waals surface area contributed by atoms with E-state index in [9.17, 15) is 14.0 Å². The molecule has 26 heavy (non-hydrogen) atoms. The summed E-state index contributed by atoms with van der Waals surface area (Å²) in [5.41, 5.74) is 6.15. The van der Waals surface area contributed by atoms with E-state index in [2.05, 4.69) is 4.37 Å². The van der Waals surface area contributed by atoms with E-state index in [1.165, 1.54) is 6.07 Å². The molecule has 0 saturated heterocycles. The van der Waals surface area contributed by atoms with Gasteiger partial charge in [0.1, 0.15) is 16.0 Å². The van der Waals surface area contributed by atoms with Crippen molar-refractivity contribution < 1.29 is 4.39 Å². The zero-order valence-electron chi connectivity index (χ0n) is 13.9. The Kier molecular flexibility index (Phi) is 3.58. The number of nitrogens with one attached hydrogen (secondary N) is 1. The molecule has 2 unspecified atom stereocenters. The fourth-order valence-electron chi connectivity index (χ4n) is 4.27. The molecule has 0 bridgehead atoms. The minimum atomic E-state index is -0.480. The second-order valence-electron chi connectivity index (χ2n) is 7.40. The van der Waals surface area contributed by atoms with Crippen LogP contribution in [0.2, 0.25) is 5.02 Å². The van der Waals surface area contributed by atoms with Crippen LogP contribution in [0.1, 0.15) is 49.6 Å². The van der Waals surface area contributed by atoms with Crippen LogP contribution in [-0.4, -0.2) is 15.0 Å². The van der Waals surface area contributed by atoms with E-state index in [0.717, 1.165) is 37.2 Å². The molecule has 5 nitrogen and oxygen atoms in total. The zero-order chi connectivity index (χ0) is 18.2. The lowest BCUT2D eigenvalue weighted by Gasteiger charge is -2.19. The van der Waals surface area contributed by atoms with Gasteiger partial charge in [0.05, 0.1) is 15.9 Å². The molecule has 2 aliphatic rings. The van der Waals surface area contributed by atoms with Crippen molar-refractivity contribution in [1.29, 1.82) is 0 Å². The van der Waals surface area contributed by atoms with Gasteiger partial charge in [-0.1, -0.05) is 11.6 Å². The molecule has 2 aliphatic carbocycles. The highest BCUT2D eigenvalue weighted by atomic mass is 35.5. The highest BCUT2D eigenvalue weighted by Gasteiger charge is 2.33. The molecule has 136 valence electrons. The Morgan fingerprint density at radius 1 is 1.27 bits per heavy atom. The highest BCUT2D eigenvalue weighted by Crippen LogP contribution is 2.45. The van der Waals surface area contributed by atoms with Crippen LogP contribution in [0.3, 0.4) is 0 Å². The third-order valence-electron chi connectivity index (χ3n) is 5.63. The second-order valence-corrected chi connectivity index (χ2v) is 8.57. The van der Waals surface area contributed by atoms with Gasteiger partial charge in [-0.3, -0.25) is 14.0 Å². The van der Waals surface area contributed by atoms with Crippen molar-refractivity contribution in [3.05, 3.63) is 43.0 Å². The van der Waals surface area contributed by atoms with Gasteiger partial charge < -0.3 is 10.3 Å². The Morgan fingerprint density at radius 3 is 2.69 bits per heavy atom. The van der Waals surface area contributed by atoms with E-state index in [1.807, 2.05) is 4.57 Å². The minimum absolute atomic E-state index is 0.0367. The van der Waals surface area contributed by atoms with Crippen molar-refractivity contribution in [3.8, 4) is 0 Å². The first-order chi connectivity index (χ1) is 12.5. The zero-order valence-corrected chi connectivity index (χ0v) is 15.4. The summed E-state index contributed by atoms with van der Waals surface area (Å²) in [5, 5.41) is 0.577. The Balaban J connectivity index is 1.92. The van der Waals surface area contributed by atoms with Crippen LogP contribution < -0.4 is 16.7 Å². The second kappa shape index (κ2) is 5.65. The molecular formula is C18H17ClFN3O2S. The maximum absolute atomic E-state index is 15.0. The molecule has 3 N–H and O–H groups in total. The topological polar surface area (TPSA) is 80.9 Å².